The third-order valence-corrected chi connectivity index (χ3v) is 5.90. The van der Waals surface area contributed by atoms with E-state index in [1.165, 1.54) is 23.1 Å². The number of hydrogen-bond acceptors (Lipinski definition) is 5. The highest BCUT2D eigenvalue weighted by Crippen LogP contribution is 2.34. The van der Waals surface area contributed by atoms with E-state index in [1.54, 1.807) is 24.3 Å². The second kappa shape index (κ2) is 8.28. The minimum absolute atomic E-state index is 0.156. The summed E-state index contributed by atoms with van der Waals surface area (Å²) in [4.78, 5) is 37.9. The van der Waals surface area contributed by atoms with Crippen LogP contribution in [0, 0.1) is 13.8 Å². The van der Waals surface area contributed by atoms with Gasteiger partial charge in [0.05, 0.1) is 17.0 Å². The smallest absolute Gasteiger partial charge is 0.335 e. The monoisotopic (exact) mass is 433 g/mol. The summed E-state index contributed by atoms with van der Waals surface area (Å²) in [5.41, 5.74) is 3.85. The van der Waals surface area contributed by atoms with Crippen LogP contribution in [0.2, 0.25) is 0 Å². The zero-order valence-corrected chi connectivity index (χ0v) is 17.7. The van der Waals surface area contributed by atoms with Gasteiger partial charge in [0.15, 0.2) is 0 Å². The molecule has 0 atom stereocenters. The lowest BCUT2D eigenvalue weighted by Crippen LogP contribution is -2.27. The van der Waals surface area contributed by atoms with Crippen LogP contribution in [0.5, 0.6) is 0 Å². The maximum atomic E-state index is 12.8. The van der Waals surface area contributed by atoms with E-state index >= 15 is 0 Å². The van der Waals surface area contributed by atoms with Crippen LogP contribution in [-0.2, 0) is 11.3 Å². The SMILES string of the molecule is Cc1ccc(CN2C(=O)S/C(=C/c3ccc(-c4cccc(C(=O)O)c4)o3)C2=O)c(C)c1. The van der Waals surface area contributed by atoms with E-state index in [4.69, 9.17) is 9.52 Å². The number of imide groups is 1. The molecule has 2 aromatic carbocycles. The number of aromatic carboxylic acids is 1. The Kier molecular flexibility index (Phi) is 5.52. The first kappa shape index (κ1) is 20.7. The van der Waals surface area contributed by atoms with Crippen molar-refractivity contribution in [3.8, 4) is 11.3 Å². The van der Waals surface area contributed by atoms with Gasteiger partial charge in [-0.2, -0.15) is 0 Å². The van der Waals surface area contributed by atoms with Gasteiger partial charge in [-0.1, -0.05) is 35.9 Å². The second-order valence-electron chi connectivity index (χ2n) is 7.29. The minimum Gasteiger partial charge on any atom is -0.478 e. The Morgan fingerprint density at radius 3 is 2.65 bits per heavy atom. The number of furan rings is 1. The van der Waals surface area contributed by atoms with E-state index in [2.05, 4.69) is 0 Å². The molecule has 1 aliphatic rings. The molecule has 6 nitrogen and oxygen atoms in total. The lowest BCUT2D eigenvalue weighted by Gasteiger charge is -2.14. The van der Waals surface area contributed by atoms with Crippen molar-refractivity contribution in [1.82, 2.24) is 4.90 Å². The van der Waals surface area contributed by atoms with E-state index in [0.29, 0.717) is 17.1 Å². The third kappa shape index (κ3) is 4.32. The van der Waals surface area contributed by atoms with Crippen LogP contribution < -0.4 is 0 Å². The van der Waals surface area contributed by atoms with Crippen LogP contribution in [0.4, 0.5) is 4.79 Å². The Balaban J connectivity index is 1.55. The fourth-order valence-electron chi connectivity index (χ4n) is 3.35. The molecule has 0 radical (unpaired) electrons. The largest absolute Gasteiger partial charge is 0.478 e. The number of carbonyl (C=O) groups is 3. The summed E-state index contributed by atoms with van der Waals surface area (Å²) in [5, 5.41) is 8.83. The summed E-state index contributed by atoms with van der Waals surface area (Å²) in [7, 11) is 0. The molecule has 31 heavy (non-hydrogen) atoms. The summed E-state index contributed by atoms with van der Waals surface area (Å²) in [6.07, 6.45) is 1.54. The summed E-state index contributed by atoms with van der Waals surface area (Å²) in [6, 6.07) is 15.7. The van der Waals surface area contributed by atoms with Crippen LogP contribution >= 0.6 is 11.8 Å². The van der Waals surface area contributed by atoms with E-state index in [9.17, 15) is 14.4 Å². The van der Waals surface area contributed by atoms with Gasteiger partial charge in [0.1, 0.15) is 11.5 Å². The van der Waals surface area contributed by atoms with Crippen LogP contribution in [0.3, 0.4) is 0 Å². The van der Waals surface area contributed by atoms with Gasteiger partial charge < -0.3 is 9.52 Å². The molecule has 3 aromatic rings. The average Bonchev–Trinajstić information content (AvgIpc) is 3.30. The van der Waals surface area contributed by atoms with Crippen molar-refractivity contribution in [2.45, 2.75) is 20.4 Å². The van der Waals surface area contributed by atoms with Crippen molar-refractivity contribution in [2.75, 3.05) is 0 Å². The zero-order chi connectivity index (χ0) is 22.1. The topological polar surface area (TPSA) is 87.8 Å². The molecule has 156 valence electrons. The molecule has 1 aromatic heterocycles. The zero-order valence-electron chi connectivity index (χ0n) is 16.9. The van der Waals surface area contributed by atoms with Gasteiger partial charge in [-0.05, 0) is 61.0 Å². The highest BCUT2D eigenvalue weighted by atomic mass is 32.2. The molecule has 0 bridgehead atoms. The van der Waals surface area contributed by atoms with Crippen molar-refractivity contribution in [2.24, 2.45) is 0 Å². The maximum Gasteiger partial charge on any atom is 0.335 e. The maximum absolute atomic E-state index is 12.8. The van der Waals surface area contributed by atoms with Crippen LogP contribution in [0.25, 0.3) is 17.4 Å². The number of aryl methyl sites for hydroxylation is 2. The standard InChI is InChI=1S/C24H19NO5S/c1-14-6-7-18(15(2)10-14)13-25-22(26)21(31-24(25)29)12-19-8-9-20(30-19)16-4-3-5-17(11-16)23(27)28/h3-12H,13H2,1-2H3,(H,27,28)/b21-12+. The molecule has 1 aliphatic heterocycles. The highest BCUT2D eigenvalue weighted by molar-refractivity contribution is 8.18. The first-order valence-corrected chi connectivity index (χ1v) is 10.4. The lowest BCUT2D eigenvalue weighted by molar-refractivity contribution is -0.123. The molecular formula is C24H19NO5S. The van der Waals surface area contributed by atoms with Gasteiger partial charge in [0, 0.05) is 11.6 Å². The molecule has 0 unspecified atom stereocenters. The molecule has 2 heterocycles. The predicted molar refractivity (Wildman–Crippen MR) is 119 cm³/mol. The van der Waals surface area contributed by atoms with Crippen molar-refractivity contribution in [1.29, 1.82) is 0 Å². The van der Waals surface area contributed by atoms with E-state index in [0.717, 1.165) is 28.5 Å². The lowest BCUT2D eigenvalue weighted by atomic mass is 10.1. The fourth-order valence-corrected chi connectivity index (χ4v) is 4.17. The Morgan fingerprint density at radius 1 is 1.10 bits per heavy atom. The number of carboxylic acids is 1. The Labute approximate surface area is 183 Å². The Morgan fingerprint density at radius 2 is 1.90 bits per heavy atom. The molecule has 7 heteroatoms. The molecule has 1 N–H and O–H groups in total. The van der Waals surface area contributed by atoms with Crippen LogP contribution in [-0.4, -0.2) is 27.1 Å². The number of carboxylic acid groups (broad SMARTS) is 1. The van der Waals surface area contributed by atoms with E-state index < -0.39 is 5.97 Å². The van der Waals surface area contributed by atoms with Gasteiger partial charge in [0.2, 0.25) is 0 Å². The van der Waals surface area contributed by atoms with Crippen molar-refractivity contribution < 1.29 is 23.9 Å². The summed E-state index contributed by atoms with van der Waals surface area (Å²) in [5.74, 6) is -0.497. The Bertz CT molecular complexity index is 1240. The Hall–Kier alpha value is -3.58. The van der Waals surface area contributed by atoms with Gasteiger partial charge in [0.25, 0.3) is 11.1 Å². The van der Waals surface area contributed by atoms with Gasteiger partial charge in [-0.3, -0.25) is 14.5 Å². The second-order valence-corrected chi connectivity index (χ2v) is 8.28. The highest BCUT2D eigenvalue weighted by Gasteiger charge is 2.35. The first-order chi connectivity index (χ1) is 14.8. The number of rotatable bonds is 5. The molecule has 0 spiro atoms. The van der Waals surface area contributed by atoms with E-state index in [-0.39, 0.29) is 28.2 Å². The molecule has 0 saturated carbocycles. The average molecular weight is 433 g/mol. The minimum atomic E-state index is -1.02. The van der Waals surface area contributed by atoms with Crippen LogP contribution in [0.15, 0.2) is 63.9 Å². The predicted octanol–water partition coefficient (Wildman–Crippen LogP) is 5.50. The van der Waals surface area contributed by atoms with Crippen molar-refractivity contribution in [3.63, 3.8) is 0 Å². The van der Waals surface area contributed by atoms with Crippen LogP contribution in [0.1, 0.15) is 32.8 Å². The molecule has 1 saturated heterocycles. The first-order valence-electron chi connectivity index (χ1n) is 9.57. The van der Waals surface area contributed by atoms with E-state index in [1.807, 2.05) is 32.0 Å². The summed E-state index contributed by atoms with van der Waals surface area (Å²) in [6.45, 7) is 4.18. The molecule has 1 fully saturated rings. The van der Waals surface area contributed by atoms with Gasteiger partial charge in [-0.15, -0.1) is 0 Å². The number of amides is 2. The quantitative estimate of drug-likeness (QED) is 0.535. The molecule has 4 rings (SSSR count). The normalized spacial score (nSPS) is 15.2. The number of nitrogens with zero attached hydrogens (tertiary/aromatic N) is 1. The van der Waals surface area contributed by atoms with Gasteiger partial charge >= 0.3 is 5.97 Å². The summed E-state index contributed by atoms with van der Waals surface area (Å²) >= 11 is 0.877. The number of benzene rings is 2. The third-order valence-electron chi connectivity index (χ3n) is 4.99. The number of hydrogen-bond donors (Lipinski definition) is 1. The number of carbonyl (C=O) groups excluding carboxylic acids is 2. The summed E-state index contributed by atoms with van der Waals surface area (Å²) < 4.78 is 5.77. The van der Waals surface area contributed by atoms with Gasteiger partial charge in [-0.25, -0.2) is 4.79 Å². The fraction of sp³-hybridized carbons (Fsp3) is 0.125. The number of thioether (sulfide) groups is 1. The molecule has 0 aliphatic carbocycles. The molecular weight excluding hydrogens is 414 g/mol. The molecule has 2 amide bonds. The van der Waals surface area contributed by atoms with Crippen molar-refractivity contribution in [3.05, 3.63) is 87.5 Å². The van der Waals surface area contributed by atoms with Crippen molar-refractivity contribution >= 4 is 35.0 Å².